The van der Waals surface area contributed by atoms with Crippen LogP contribution in [0.4, 0.5) is 5.69 Å². The highest BCUT2D eigenvalue weighted by molar-refractivity contribution is 8.21. The molecular weight excluding hydrogens is 386 g/mol. The van der Waals surface area contributed by atoms with Gasteiger partial charge in [0.15, 0.2) is 0 Å². The van der Waals surface area contributed by atoms with Crippen LogP contribution in [0.5, 0.6) is 5.75 Å². The lowest BCUT2D eigenvalue weighted by molar-refractivity contribution is -0.122. The van der Waals surface area contributed by atoms with E-state index < -0.39 is 0 Å². The molecule has 1 heterocycles. The summed E-state index contributed by atoms with van der Waals surface area (Å²) in [4.78, 5) is 13.3. The summed E-state index contributed by atoms with van der Waals surface area (Å²) in [6, 6.07) is 6.16. The fourth-order valence-corrected chi connectivity index (χ4v) is 9.27. The quantitative estimate of drug-likeness (QED) is 0.658. The number of ether oxygens (including phenoxy) is 1. The molecule has 3 aliphatic rings. The number of hydrogen-bond acceptors (Lipinski definition) is 4. The number of benzene rings is 1. The Balaban J connectivity index is 1.52. The van der Waals surface area contributed by atoms with Crippen LogP contribution in [0, 0.1) is 17.8 Å². The molecule has 3 nitrogen and oxygen atoms in total. The Kier molecular flexibility index (Phi) is 5.69. The van der Waals surface area contributed by atoms with E-state index in [4.69, 9.17) is 4.74 Å². The van der Waals surface area contributed by atoms with Gasteiger partial charge < -0.3 is 10.1 Å². The smallest absolute Gasteiger partial charge is 0.227 e. The fraction of sp³-hybridized carbons (Fsp3) is 0.696. The molecule has 1 N–H and O–H groups in total. The number of thioether (sulfide) groups is 2. The van der Waals surface area contributed by atoms with Gasteiger partial charge in [-0.3, -0.25) is 4.79 Å². The second-order valence-electron chi connectivity index (χ2n) is 9.57. The maximum Gasteiger partial charge on any atom is 0.227 e. The summed E-state index contributed by atoms with van der Waals surface area (Å²) in [5, 5.41) is 3.23. The van der Waals surface area contributed by atoms with Gasteiger partial charge in [-0.05, 0) is 60.6 Å². The molecule has 2 bridgehead atoms. The summed E-state index contributed by atoms with van der Waals surface area (Å²) in [5.74, 6) is 5.01. The second-order valence-corrected chi connectivity index (χ2v) is 12.6. The summed E-state index contributed by atoms with van der Waals surface area (Å²) in [7, 11) is 1.67. The molecule has 1 amide bonds. The first kappa shape index (κ1) is 20.5. The minimum atomic E-state index is 0.0386. The van der Waals surface area contributed by atoms with Gasteiger partial charge in [-0.15, -0.1) is 23.5 Å². The zero-order chi connectivity index (χ0) is 19.9. The predicted molar refractivity (Wildman–Crippen MR) is 122 cm³/mol. The second kappa shape index (κ2) is 7.79. The first-order valence-corrected chi connectivity index (χ1v) is 12.6. The van der Waals surface area contributed by atoms with E-state index in [0.29, 0.717) is 15.9 Å². The molecule has 154 valence electrons. The number of amides is 1. The lowest BCUT2D eigenvalue weighted by Crippen LogP contribution is -2.48. The standard InChI is InChI=1S/C23H33NO2S2/c1-22(2,3)16-8-9-20(26-4)19(14-16)24-21(25)15-12-17-6-5-7-18(13-15)23(17)27-10-11-28-23/h8-9,14-15,17-18H,5-7,10-13H2,1-4H3,(H,24,25)/t17-,18-/m1/s1. The first-order chi connectivity index (χ1) is 13.3. The van der Waals surface area contributed by atoms with E-state index >= 15 is 0 Å². The molecule has 1 aromatic rings. The highest BCUT2D eigenvalue weighted by atomic mass is 32.2. The number of nitrogens with one attached hydrogen (secondary N) is 1. The van der Waals surface area contributed by atoms with E-state index in [9.17, 15) is 4.79 Å². The van der Waals surface area contributed by atoms with Crippen molar-refractivity contribution >= 4 is 35.1 Å². The number of anilines is 1. The Morgan fingerprint density at radius 3 is 2.36 bits per heavy atom. The number of carbonyl (C=O) groups excluding carboxylic acids is 1. The van der Waals surface area contributed by atoms with Crippen LogP contribution < -0.4 is 10.1 Å². The largest absolute Gasteiger partial charge is 0.495 e. The summed E-state index contributed by atoms with van der Waals surface area (Å²) in [6.07, 6.45) is 6.02. The number of hydrogen-bond donors (Lipinski definition) is 1. The molecule has 4 rings (SSSR count). The SMILES string of the molecule is COc1ccc(C(C)(C)C)cc1NC(=O)C1C[C@H]2CCC[C@H](C1)C21SCCS1. The van der Waals surface area contributed by atoms with Crippen molar-refractivity contribution in [3.63, 3.8) is 0 Å². The highest BCUT2D eigenvalue weighted by Crippen LogP contribution is 2.64. The Morgan fingerprint density at radius 1 is 1.14 bits per heavy atom. The topological polar surface area (TPSA) is 38.3 Å². The number of carbonyl (C=O) groups is 1. The average molecular weight is 420 g/mol. The Morgan fingerprint density at radius 2 is 1.79 bits per heavy atom. The Labute approximate surface area is 178 Å². The van der Waals surface area contributed by atoms with Gasteiger partial charge in [-0.1, -0.05) is 33.3 Å². The third-order valence-corrected chi connectivity index (χ3v) is 10.8. The molecule has 1 spiro atoms. The van der Waals surface area contributed by atoms with Crippen LogP contribution in [0.2, 0.25) is 0 Å². The molecule has 2 atom stereocenters. The molecule has 1 aromatic carbocycles. The number of methoxy groups -OCH3 is 1. The van der Waals surface area contributed by atoms with Crippen molar-refractivity contribution < 1.29 is 9.53 Å². The van der Waals surface area contributed by atoms with Gasteiger partial charge in [0.2, 0.25) is 5.91 Å². The van der Waals surface area contributed by atoms with Crippen molar-refractivity contribution in [2.75, 3.05) is 23.9 Å². The fourth-order valence-electron chi connectivity index (χ4n) is 5.33. The monoisotopic (exact) mass is 419 g/mol. The molecule has 1 saturated heterocycles. The van der Waals surface area contributed by atoms with Crippen LogP contribution >= 0.6 is 23.5 Å². The van der Waals surface area contributed by atoms with Gasteiger partial charge in [0.25, 0.3) is 0 Å². The van der Waals surface area contributed by atoms with Crippen LogP contribution in [0.15, 0.2) is 18.2 Å². The van der Waals surface area contributed by atoms with Crippen molar-refractivity contribution in [2.24, 2.45) is 17.8 Å². The van der Waals surface area contributed by atoms with Gasteiger partial charge in [0, 0.05) is 17.4 Å². The van der Waals surface area contributed by atoms with E-state index in [-0.39, 0.29) is 17.2 Å². The average Bonchev–Trinajstić information content (AvgIpc) is 3.10. The zero-order valence-electron chi connectivity index (χ0n) is 17.5. The van der Waals surface area contributed by atoms with E-state index in [1.807, 2.05) is 6.07 Å². The molecule has 0 radical (unpaired) electrons. The molecule has 1 aliphatic heterocycles. The normalized spacial score (nSPS) is 28.9. The molecular formula is C23H33NO2S2. The molecule has 3 fully saturated rings. The third kappa shape index (κ3) is 3.69. The van der Waals surface area contributed by atoms with E-state index in [2.05, 4.69) is 61.7 Å². The molecule has 28 heavy (non-hydrogen) atoms. The summed E-state index contributed by atoms with van der Waals surface area (Å²) < 4.78 is 5.95. The van der Waals surface area contributed by atoms with Gasteiger partial charge in [-0.25, -0.2) is 0 Å². The minimum absolute atomic E-state index is 0.0386. The maximum atomic E-state index is 13.3. The Bertz CT molecular complexity index is 721. The first-order valence-electron chi connectivity index (χ1n) is 10.6. The van der Waals surface area contributed by atoms with E-state index in [0.717, 1.165) is 24.3 Å². The summed E-state index contributed by atoms with van der Waals surface area (Å²) in [6.45, 7) is 6.58. The highest BCUT2D eigenvalue weighted by Gasteiger charge is 2.55. The van der Waals surface area contributed by atoms with Crippen LogP contribution in [-0.2, 0) is 10.2 Å². The zero-order valence-corrected chi connectivity index (χ0v) is 19.2. The van der Waals surface area contributed by atoms with Crippen molar-refractivity contribution in [1.82, 2.24) is 0 Å². The molecule has 2 saturated carbocycles. The summed E-state index contributed by atoms with van der Waals surface area (Å²) in [5.41, 5.74) is 2.06. The van der Waals surface area contributed by atoms with E-state index in [1.54, 1.807) is 7.11 Å². The molecule has 2 aliphatic carbocycles. The van der Waals surface area contributed by atoms with Crippen molar-refractivity contribution in [1.29, 1.82) is 0 Å². The van der Waals surface area contributed by atoms with Crippen LogP contribution in [-0.4, -0.2) is 28.6 Å². The van der Waals surface area contributed by atoms with Crippen molar-refractivity contribution in [3.8, 4) is 5.75 Å². The van der Waals surface area contributed by atoms with Crippen molar-refractivity contribution in [3.05, 3.63) is 23.8 Å². The van der Waals surface area contributed by atoms with E-state index in [1.165, 1.54) is 36.3 Å². The van der Waals surface area contributed by atoms with Gasteiger partial charge >= 0.3 is 0 Å². The number of rotatable bonds is 3. The predicted octanol–water partition coefficient (Wildman–Crippen LogP) is 5.93. The van der Waals surface area contributed by atoms with Crippen LogP contribution in [0.1, 0.15) is 58.4 Å². The summed E-state index contributed by atoms with van der Waals surface area (Å²) >= 11 is 4.39. The minimum Gasteiger partial charge on any atom is -0.495 e. The lowest BCUT2D eigenvalue weighted by Gasteiger charge is -2.52. The van der Waals surface area contributed by atoms with Crippen molar-refractivity contribution in [2.45, 2.75) is 62.4 Å². The van der Waals surface area contributed by atoms with Gasteiger partial charge in [0.05, 0.1) is 16.9 Å². The maximum absolute atomic E-state index is 13.3. The van der Waals surface area contributed by atoms with Crippen LogP contribution in [0.25, 0.3) is 0 Å². The third-order valence-electron chi connectivity index (χ3n) is 6.81. The van der Waals surface area contributed by atoms with Gasteiger partial charge in [0.1, 0.15) is 5.75 Å². The molecule has 0 aromatic heterocycles. The lowest BCUT2D eigenvalue weighted by atomic mass is 9.67. The molecule has 0 unspecified atom stereocenters. The Hall–Kier alpha value is -0.810. The molecule has 5 heteroatoms. The van der Waals surface area contributed by atoms with Crippen LogP contribution in [0.3, 0.4) is 0 Å². The van der Waals surface area contributed by atoms with Gasteiger partial charge in [-0.2, -0.15) is 0 Å².